The van der Waals surface area contributed by atoms with Crippen LogP contribution in [0.4, 0.5) is 11.5 Å². The molecule has 2 atom stereocenters. The van der Waals surface area contributed by atoms with Crippen molar-refractivity contribution >= 4 is 50.7 Å². The Labute approximate surface area is 166 Å². The second-order valence-electron chi connectivity index (χ2n) is 7.04. The van der Waals surface area contributed by atoms with Crippen LogP contribution in [0.15, 0.2) is 35.5 Å². The number of carbonyl (C=O) groups excluding carboxylic acids is 1. The molecule has 140 valence electrons. The van der Waals surface area contributed by atoms with E-state index in [1.807, 2.05) is 37.3 Å². The maximum atomic E-state index is 12.4. The molecule has 3 aromatic rings. The Morgan fingerprint density at radius 2 is 2.11 bits per heavy atom. The van der Waals surface area contributed by atoms with Crippen molar-refractivity contribution in [2.45, 2.75) is 43.5 Å². The van der Waals surface area contributed by atoms with Gasteiger partial charge in [-0.2, -0.15) is 0 Å². The monoisotopic (exact) mass is 398 g/mol. The van der Waals surface area contributed by atoms with E-state index in [1.165, 1.54) is 28.6 Å². The highest BCUT2D eigenvalue weighted by Crippen LogP contribution is 2.40. The van der Waals surface area contributed by atoms with Crippen molar-refractivity contribution in [2.75, 3.05) is 11.1 Å². The van der Waals surface area contributed by atoms with Gasteiger partial charge in [-0.15, -0.1) is 11.3 Å². The van der Waals surface area contributed by atoms with Crippen LogP contribution in [-0.4, -0.2) is 21.1 Å². The first kappa shape index (κ1) is 18.3. The largest absolute Gasteiger partial charge is 0.383 e. The highest BCUT2D eigenvalue weighted by molar-refractivity contribution is 8.00. The summed E-state index contributed by atoms with van der Waals surface area (Å²) in [5, 5.41) is 4.17. The molecule has 1 aliphatic rings. The van der Waals surface area contributed by atoms with Gasteiger partial charge >= 0.3 is 0 Å². The zero-order valence-corrected chi connectivity index (χ0v) is 17.0. The summed E-state index contributed by atoms with van der Waals surface area (Å²) in [5.74, 6) is 1.16. The fourth-order valence-electron chi connectivity index (χ4n) is 3.38. The van der Waals surface area contributed by atoms with Gasteiger partial charge in [-0.1, -0.05) is 36.9 Å². The van der Waals surface area contributed by atoms with Crippen LogP contribution in [0.3, 0.4) is 0 Å². The van der Waals surface area contributed by atoms with Gasteiger partial charge in [0.15, 0.2) is 5.16 Å². The van der Waals surface area contributed by atoms with Crippen molar-refractivity contribution in [3.05, 3.63) is 40.8 Å². The van der Waals surface area contributed by atoms with E-state index in [-0.39, 0.29) is 11.2 Å². The first-order chi connectivity index (χ1) is 13.0. The summed E-state index contributed by atoms with van der Waals surface area (Å²) in [5.41, 5.74) is 8.39. The minimum atomic E-state index is -0.323. The molecule has 2 heterocycles. The maximum absolute atomic E-state index is 12.4. The Morgan fingerprint density at radius 1 is 1.33 bits per heavy atom. The Balaban J connectivity index is 1.54. The average molecular weight is 399 g/mol. The number of para-hydroxylation sites is 1. The van der Waals surface area contributed by atoms with E-state index in [1.54, 1.807) is 11.3 Å². The van der Waals surface area contributed by atoms with Crippen molar-refractivity contribution in [1.29, 1.82) is 0 Å². The number of aromatic nitrogens is 2. The summed E-state index contributed by atoms with van der Waals surface area (Å²) in [7, 11) is 0. The summed E-state index contributed by atoms with van der Waals surface area (Å²) >= 11 is 3.06. The van der Waals surface area contributed by atoms with E-state index >= 15 is 0 Å². The van der Waals surface area contributed by atoms with Gasteiger partial charge in [0.1, 0.15) is 10.6 Å². The Bertz CT molecular complexity index is 987. The number of nitrogens with two attached hydrogens (primary N) is 1. The van der Waals surface area contributed by atoms with Crippen LogP contribution in [0.5, 0.6) is 0 Å². The predicted molar refractivity (Wildman–Crippen MR) is 113 cm³/mol. The SMILES string of the molecule is C[C@H]1CCc2c(sc3nc(S[C@H](C)C(=O)Nc4ccccc4)nc(N)c23)C1. The molecule has 27 heavy (non-hydrogen) atoms. The van der Waals surface area contributed by atoms with E-state index in [2.05, 4.69) is 17.2 Å². The molecule has 0 bridgehead atoms. The lowest BCUT2D eigenvalue weighted by Crippen LogP contribution is -2.22. The van der Waals surface area contributed by atoms with Gasteiger partial charge in [0, 0.05) is 10.6 Å². The second-order valence-corrected chi connectivity index (χ2v) is 9.43. The molecule has 0 saturated carbocycles. The molecule has 1 amide bonds. The Morgan fingerprint density at radius 3 is 2.89 bits per heavy atom. The third-order valence-electron chi connectivity index (χ3n) is 4.86. The molecule has 0 aliphatic heterocycles. The van der Waals surface area contributed by atoms with E-state index in [0.29, 0.717) is 16.9 Å². The standard InChI is InChI=1S/C20H22N4OS2/c1-11-8-9-14-15(10-11)27-19-16(14)17(21)23-20(24-19)26-12(2)18(25)22-13-6-4-3-5-7-13/h3-7,11-12H,8-10H2,1-2H3,(H,22,25)(H2,21,23,24)/t11-,12+/m0/s1. The highest BCUT2D eigenvalue weighted by Gasteiger charge is 2.24. The van der Waals surface area contributed by atoms with Crippen LogP contribution in [-0.2, 0) is 17.6 Å². The lowest BCUT2D eigenvalue weighted by atomic mass is 9.89. The second kappa shape index (κ2) is 7.48. The van der Waals surface area contributed by atoms with Crippen LogP contribution in [0.25, 0.3) is 10.2 Å². The van der Waals surface area contributed by atoms with Crippen molar-refractivity contribution in [3.8, 4) is 0 Å². The number of fused-ring (bicyclic) bond motifs is 3. The van der Waals surface area contributed by atoms with E-state index in [9.17, 15) is 4.79 Å². The van der Waals surface area contributed by atoms with Gasteiger partial charge < -0.3 is 11.1 Å². The molecule has 0 radical (unpaired) electrons. The molecule has 3 N–H and O–H groups in total. The van der Waals surface area contributed by atoms with Gasteiger partial charge in [0.25, 0.3) is 0 Å². The molecule has 0 saturated heterocycles. The maximum Gasteiger partial charge on any atom is 0.237 e. The van der Waals surface area contributed by atoms with Crippen LogP contribution in [0, 0.1) is 5.92 Å². The van der Waals surface area contributed by atoms with E-state index in [0.717, 1.165) is 28.7 Å². The molecule has 4 rings (SSSR count). The number of rotatable bonds is 4. The number of anilines is 2. The van der Waals surface area contributed by atoms with Crippen LogP contribution in [0.1, 0.15) is 30.7 Å². The Hall–Kier alpha value is -2.12. The summed E-state index contributed by atoms with van der Waals surface area (Å²) in [4.78, 5) is 24.0. The molecule has 5 nitrogen and oxygen atoms in total. The minimum absolute atomic E-state index is 0.0761. The summed E-state index contributed by atoms with van der Waals surface area (Å²) in [6, 6.07) is 9.44. The van der Waals surface area contributed by atoms with Crippen molar-refractivity contribution < 1.29 is 4.79 Å². The van der Waals surface area contributed by atoms with Gasteiger partial charge in [0.2, 0.25) is 5.91 Å². The van der Waals surface area contributed by atoms with E-state index in [4.69, 9.17) is 10.7 Å². The molecule has 0 unspecified atom stereocenters. The number of amides is 1. The number of aryl methyl sites for hydroxylation is 1. The molecule has 7 heteroatoms. The smallest absolute Gasteiger partial charge is 0.237 e. The zero-order valence-electron chi connectivity index (χ0n) is 15.4. The number of nitrogens with zero attached hydrogens (tertiary/aromatic N) is 2. The summed E-state index contributed by atoms with van der Waals surface area (Å²) in [6.07, 6.45) is 3.33. The van der Waals surface area contributed by atoms with E-state index < -0.39 is 0 Å². The lowest BCUT2D eigenvalue weighted by Gasteiger charge is -2.17. The highest BCUT2D eigenvalue weighted by atomic mass is 32.2. The molecule has 0 spiro atoms. The third-order valence-corrected chi connectivity index (χ3v) is 6.96. The number of thioether (sulfide) groups is 1. The fraction of sp³-hybridized carbons (Fsp3) is 0.350. The van der Waals surface area contributed by atoms with Crippen LogP contribution >= 0.6 is 23.1 Å². The number of carbonyl (C=O) groups is 1. The van der Waals surface area contributed by atoms with Gasteiger partial charge in [-0.05, 0) is 49.8 Å². The number of nitrogen functional groups attached to an aromatic ring is 1. The number of nitrogens with one attached hydrogen (secondary N) is 1. The van der Waals surface area contributed by atoms with Crippen LogP contribution < -0.4 is 11.1 Å². The number of hydrogen-bond acceptors (Lipinski definition) is 6. The lowest BCUT2D eigenvalue weighted by molar-refractivity contribution is -0.115. The fourth-order valence-corrected chi connectivity index (χ4v) is 5.61. The molecule has 2 aromatic heterocycles. The van der Waals surface area contributed by atoms with Gasteiger partial charge in [-0.3, -0.25) is 4.79 Å². The van der Waals surface area contributed by atoms with Gasteiger partial charge in [0.05, 0.1) is 10.6 Å². The number of thiophene rings is 1. The zero-order chi connectivity index (χ0) is 19.0. The van der Waals surface area contributed by atoms with Crippen molar-refractivity contribution in [2.24, 2.45) is 5.92 Å². The predicted octanol–water partition coefficient (Wildman–Crippen LogP) is 4.52. The quantitative estimate of drug-likeness (QED) is 0.499. The van der Waals surface area contributed by atoms with Gasteiger partial charge in [-0.25, -0.2) is 9.97 Å². The molecular formula is C20H22N4OS2. The topological polar surface area (TPSA) is 80.9 Å². The molecular weight excluding hydrogens is 376 g/mol. The van der Waals surface area contributed by atoms with Crippen LogP contribution in [0.2, 0.25) is 0 Å². The molecule has 1 aliphatic carbocycles. The average Bonchev–Trinajstić information content (AvgIpc) is 3.00. The number of benzene rings is 1. The normalized spacial score (nSPS) is 17.5. The van der Waals surface area contributed by atoms with Crippen molar-refractivity contribution in [1.82, 2.24) is 9.97 Å². The first-order valence-corrected chi connectivity index (χ1v) is 10.8. The Kier molecular flexibility index (Phi) is 5.06. The molecule has 1 aromatic carbocycles. The summed E-state index contributed by atoms with van der Waals surface area (Å²) in [6.45, 7) is 4.14. The molecule has 0 fully saturated rings. The van der Waals surface area contributed by atoms with Crippen molar-refractivity contribution in [3.63, 3.8) is 0 Å². The first-order valence-electron chi connectivity index (χ1n) is 9.11. The summed E-state index contributed by atoms with van der Waals surface area (Å²) < 4.78 is 0. The third kappa shape index (κ3) is 3.80. The minimum Gasteiger partial charge on any atom is -0.383 e. The number of hydrogen-bond donors (Lipinski definition) is 2.